The van der Waals surface area contributed by atoms with Crippen molar-refractivity contribution in [2.24, 2.45) is 0 Å². The lowest BCUT2D eigenvalue weighted by molar-refractivity contribution is 0.799. The Hall–Kier alpha value is -1.31. The Bertz CT molecular complexity index is 390. The number of rotatable bonds is 3. The number of hydrogen-bond donors (Lipinski definition) is 1. The summed E-state index contributed by atoms with van der Waals surface area (Å²) in [6, 6.07) is 2.08. The van der Waals surface area contributed by atoms with Gasteiger partial charge in [-0.1, -0.05) is 13.3 Å². The number of aryl methyl sites for hydroxylation is 1. The highest BCUT2D eigenvalue weighted by Crippen LogP contribution is 2.18. The molecule has 2 heteroatoms. The van der Waals surface area contributed by atoms with Crippen molar-refractivity contribution >= 4 is 10.9 Å². The topological polar surface area (TPSA) is 28.7 Å². The molecule has 0 fully saturated rings. The molecule has 2 aromatic rings. The fourth-order valence-corrected chi connectivity index (χ4v) is 1.61. The Balaban J connectivity index is 2.35. The Kier molecular flexibility index (Phi) is 2.30. The van der Waals surface area contributed by atoms with Crippen molar-refractivity contribution in [3.63, 3.8) is 0 Å². The van der Waals surface area contributed by atoms with E-state index in [9.17, 15) is 0 Å². The fraction of sp³-hybridized carbons (Fsp3) is 0.364. The summed E-state index contributed by atoms with van der Waals surface area (Å²) in [7, 11) is 0. The molecule has 2 nitrogen and oxygen atoms in total. The SMILES string of the molecule is CCCCc1c[nH]c2cnccc12. The Morgan fingerprint density at radius 3 is 3.23 bits per heavy atom. The molecule has 0 spiro atoms. The first kappa shape index (κ1) is 8.30. The van der Waals surface area contributed by atoms with Crippen LogP contribution in [0.5, 0.6) is 0 Å². The predicted molar refractivity (Wildman–Crippen MR) is 54.7 cm³/mol. The van der Waals surface area contributed by atoms with E-state index in [0.717, 1.165) is 5.52 Å². The lowest BCUT2D eigenvalue weighted by atomic mass is 10.1. The molecule has 2 rings (SSSR count). The number of nitrogens with zero attached hydrogens (tertiary/aromatic N) is 1. The molecule has 0 aliphatic rings. The molecule has 2 heterocycles. The average molecular weight is 174 g/mol. The number of nitrogens with one attached hydrogen (secondary N) is 1. The first-order chi connectivity index (χ1) is 6.42. The first-order valence-electron chi connectivity index (χ1n) is 4.82. The van der Waals surface area contributed by atoms with Crippen LogP contribution in [0.1, 0.15) is 25.3 Å². The Morgan fingerprint density at radius 2 is 2.38 bits per heavy atom. The van der Waals surface area contributed by atoms with Crippen molar-refractivity contribution in [1.29, 1.82) is 0 Å². The van der Waals surface area contributed by atoms with Gasteiger partial charge in [-0.05, 0) is 24.5 Å². The maximum atomic E-state index is 4.08. The van der Waals surface area contributed by atoms with E-state index >= 15 is 0 Å². The van der Waals surface area contributed by atoms with Gasteiger partial charge >= 0.3 is 0 Å². The van der Waals surface area contributed by atoms with Crippen LogP contribution in [0.4, 0.5) is 0 Å². The number of H-pyrrole nitrogens is 1. The minimum Gasteiger partial charge on any atom is -0.360 e. The standard InChI is InChI=1S/C11H14N2/c1-2-3-4-9-7-13-11-8-12-6-5-10(9)11/h5-8,13H,2-4H2,1H3. The quantitative estimate of drug-likeness (QED) is 0.761. The van der Waals surface area contributed by atoms with Gasteiger partial charge in [-0.2, -0.15) is 0 Å². The van der Waals surface area contributed by atoms with Crippen molar-refractivity contribution in [3.8, 4) is 0 Å². The summed E-state index contributed by atoms with van der Waals surface area (Å²) < 4.78 is 0. The van der Waals surface area contributed by atoms with Crippen LogP contribution in [0.2, 0.25) is 0 Å². The molecule has 0 aliphatic carbocycles. The van der Waals surface area contributed by atoms with Crippen molar-refractivity contribution in [1.82, 2.24) is 9.97 Å². The molecule has 68 valence electrons. The zero-order chi connectivity index (χ0) is 9.10. The maximum Gasteiger partial charge on any atom is 0.0643 e. The summed E-state index contributed by atoms with van der Waals surface area (Å²) in [5.74, 6) is 0. The molecule has 0 bridgehead atoms. The molecule has 0 unspecified atom stereocenters. The molecule has 0 radical (unpaired) electrons. The van der Waals surface area contributed by atoms with E-state index in [2.05, 4.69) is 29.2 Å². The van der Waals surface area contributed by atoms with Crippen LogP contribution in [0, 0.1) is 0 Å². The number of unbranched alkanes of at least 4 members (excludes halogenated alkanes) is 1. The van der Waals surface area contributed by atoms with Crippen LogP contribution < -0.4 is 0 Å². The van der Waals surface area contributed by atoms with Crippen molar-refractivity contribution < 1.29 is 0 Å². The lowest BCUT2D eigenvalue weighted by Gasteiger charge is -1.95. The number of fused-ring (bicyclic) bond motifs is 1. The van der Waals surface area contributed by atoms with Crippen LogP contribution in [-0.2, 0) is 6.42 Å². The Morgan fingerprint density at radius 1 is 1.46 bits per heavy atom. The second-order valence-electron chi connectivity index (χ2n) is 3.34. The average Bonchev–Trinajstić information content (AvgIpc) is 2.58. The van der Waals surface area contributed by atoms with Crippen LogP contribution in [0.15, 0.2) is 24.7 Å². The molecular formula is C11H14N2. The lowest BCUT2D eigenvalue weighted by Crippen LogP contribution is -1.81. The highest BCUT2D eigenvalue weighted by molar-refractivity contribution is 5.82. The van der Waals surface area contributed by atoms with Gasteiger partial charge in [0.2, 0.25) is 0 Å². The first-order valence-corrected chi connectivity index (χ1v) is 4.82. The third-order valence-corrected chi connectivity index (χ3v) is 2.37. The summed E-state index contributed by atoms with van der Waals surface area (Å²) in [5, 5.41) is 1.32. The summed E-state index contributed by atoms with van der Waals surface area (Å²) in [5.41, 5.74) is 2.56. The second kappa shape index (κ2) is 3.60. The highest BCUT2D eigenvalue weighted by Gasteiger charge is 2.01. The molecule has 2 aromatic heterocycles. The van der Waals surface area contributed by atoms with E-state index in [1.165, 1.54) is 30.2 Å². The molecule has 0 amide bonds. The van der Waals surface area contributed by atoms with Crippen LogP contribution >= 0.6 is 0 Å². The van der Waals surface area contributed by atoms with Gasteiger partial charge in [0.15, 0.2) is 0 Å². The van der Waals surface area contributed by atoms with E-state index < -0.39 is 0 Å². The van der Waals surface area contributed by atoms with Gasteiger partial charge in [-0.15, -0.1) is 0 Å². The van der Waals surface area contributed by atoms with E-state index in [-0.39, 0.29) is 0 Å². The van der Waals surface area contributed by atoms with Crippen molar-refractivity contribution in [3.05, 3.63) is 30.2 Å². The highest BCUT2D eigenvalue weighted by atomic mass is 14.7. The molecule has 0 atom stereocenters. The molecular weight excluding hydrogens is 160 g/mol. The number of aromatic amines is 1. The zero-order valence-electron chi connectivity index (χ0n) is 7.88. The van der Waals surface area contributed by atoms with Gasteiger partial charge in [0.05, 0.1) is 11.7 Å². The third-order valence-electron chi connectivity index (χ3n) is 2.37. The number of pyridine rings is 1. The summed E-state index contributed by atoms with van der Waals surface area (Å²) >= 11 is 0. The molecule has 1 N–H and O–H groups in total. The van der Waals surface area contributed by atoms with Crippen LogP contribution in [0.25, 0.3) is 10.9 Å². The monoisotopic (exact) mass is 174 g/mol. The van der Waals surface area contributed by atoms with Gasteiger partial charge in [-0.3, -0.25) is 4.98 Å². The Labute approximate surface area is 78.0 Å². The fourth-order valence-electron chi connectivity index (χ4n) is 1.61. The molecule has 13 heavy (non-hydrogen) atoms. The zero-order valence-corrected chi connectivity index (χ0v) is 7.88. The van der Waals surface area contributed by atoms with Gasteiger partial charge in [0.25, 0.3) is 0 Å². The van der Waals surface area contributed by atoms with Gasteiger partial charge in [0.1, 0.15) is 0 Å². The molecule has 0 aromatic carbocycles. The maximum absolute atomic E-state index is 4.08. The number of hydrogen-bond acceptors (Lipinski definition) is 1. The van der Waals surface area contributed by atoms with Crippen molar-refractivity contribution in [2.45, 2.75) is 26.2 Å². The summed E-state index contributed by atoms with van der Waals surface area (Å²) in [6.45, 7) is 2.22. The normalized spacial score (nSPS) is 10.8. The molecule has 0 saturated carbocycles. The minimum absolute atomic E-state index is 1.15. The minimum atomic E-state index is 1.15. The smallest absolute Gasteiger partial charge is 0.0643 e. The third kappa shape index (κ3) is 1.57. The second-order valence-corrected chi connectivity index (χ2v) is 3.34. The summed E-state index contributed by atoms with van der Waals surface area (Å²) in [4.78, 5) is 7.31. The van der Waals surface area contributed by atoms with Crippen LogP contribution in [-0.4, -0.2) is 9.97 Å². The van der Waals surface area contributed by atoms with E-state index in [0.29, 0.717) is 0 Å². The van der Waals surface area contributed by atoms with Gasteiger partial charge in [-0.25, -0.2) is 0 Å². The largest absolute Gasteiger partial charge is 0.360 e. The van der Waals surface area contributed by atoms with Crippen molar-refractivity contribution in [2.75, 3.05) is 0 Å². The van der Waals surface area contributed by atoms with E-state index in [1.54, 1.807) is 0 Å². The van der Waals surface area contributed by atoms with Gasteiger partial charge < -0.3 is 4.98 Å². The van der Waals surface area contributed by atoms with E-state index in [1.807, 2.05) is 12.4 Å². The van der Waals surface area contributed by atoms with E-state index in [4.69, 9.17) is 0 Å². The number of aromatic nitrogens is 2. The molecule has 0 aliphatic heterocycles. The predicted octanol–water partition coefficient (Wildman–Crippen LogP) is 2.91. The van der Waals surface area contributed by atoms with Crippen LogP contribution in [0.3, 0.4) is 0 Å². The summed E-state index contributed by atoms with van der Waals surface area (Å²) in [6.07, 6.45) is 9.51. The molecule has 0 saturated heterocycles. The van der Waals surface area contributed by atoms with Gasteiger partial charge in [0, 0.05) is 17.8 Å².